The average molecular weight is 251 g/mol. The van der Waals surface area contributed by atoms with Gasteiger partial charge in [-0.2, -0.15) is 0 Å². The fraction of sp³-hybridized carbons (Fsp3) is 0.714. The molecule has 1 N–H and O–H groups in total. The Morgan fingerprint density at radius 1 is 1.50 bits per heavy atom. The van der Waals surface area contributed by atoms with Crippen molar-refractivity contribution >= 4 is 0 Å². The van der Waals surface area contributed by atoms with Gasteiger partial charge >= 0.3 is 0 Å². The van der Waals surface area contributed by atoms with Gasteiger partial charge in [0, 0.05) is 25.2 Å². The molecule has 2 unspecified atom stereocenters. The third kappa shape index (κ3) is 3.83. The summed E-state index contributed by atoms with van der Waals surface area (Å²) in [5, 5.41) is 3.64. The normalized spacial score (nSPS) is 26.4. The first kappa shape index (κ1) is 13.6. The third-order valence-electron chi connectivity index (χ3n) is 3.60. The van der Waals surface area contributed by atoms with E-state index in [-0.39, 0.29) is 0 Å². The minimum atomic E-state index is 0.542. The summed E-state index contributed by atoms with van der Waals surface area (Å²) >= 11 is 0. The number of likely N-dealkylation sites (N-methyl/N-ethyl adjacent to an activating group) is 1. The Labute approximate surface area is 110 Å². The molecular formula is C14H25N3O. The summed E-state index contributed by atoms with van der Waals surface area (Å²) in [5.74, 6) is 1.06. The van der Waals surface area contributed by atoms with Gasteiger partial charge in [-0.25, -0.2) is 0 Å². The molecule has 4 nitrogen and oxygen atoms in total. The minimum Gasteiger partial charge on any atom is -0.468 e. The zero-order valence-electron chi connectivity index (χ0n) is 11.7. The molecule has 1 fully saturated rings. The van der Waals surface area contributed by atoms with Crippen molar-refractivity contribution in [2.24, 2.45) is 0 Å². The predicted octanol–water partition coefficient (Wildman–Crippen LogP) is 1.39. The van der Waals surface area contributed by atoms with Gasteiger partial charge in [0.1, 0.15) is 5.76 Å². The second kappa shape index (κ2) is 6.36. The van der Waals surface area contributed by atoms with E-state index >= 15 is 0 Å². The molecule has 0 amide bonds. The summed E-state index contributed by atoms with van der Waals surface area (Å²) in [6, 6.07) is 5.17. The van der Waals surface area contributed by atoms with Crippen molar-refractivity contribution in [2.75, 3.05) is 33.7 Å². The van der Waals surface area contributed by atoms with Crippen molar-refractivity contribution in [3.05, 3.63) is 24.2 Å². The van der Waals surface area contributed by atoms with Crippen LogP contribution in [-0.4, -0.2) is 55.6 Å². The maximum atomic E-state index is 5.47. The monoisotopic (exact) mass is 251 g/mol. The molecule has 1 aromatic heterocycles. The Kier molecular flexibility index (Phi) is 4.80. The van der Waals surface area contributed by atoms with Gasteiger partial charge in [0.2, 0.25) is 0 Å². The molecule has 1 aliphatic heterocycles. The van der Waals surface area contributed by atoms with Crippen LogP contribution in [0.2, 0.25) is 0 Å². The van der Waals surface area contributed by atoms with Gasteiger partial charge < -0.3 is 14.6 Å². The molecule has 102 valence electrons. The lowest BCUT2D eigenvalue weighted by Crippen LogP contribution is -2.45. The Balaban J connectivity index is 1.96. The number of nitrogens with one attached hydrogen (secondary N) is 1. The quantitative estimate of drug-likeness (QED) is 0.876. The average Bonchev–Trinajstić information content (AvgIpc) is 2.73. The molecule has 1 aliphatic rings. The highest BCUT2D eigenvalue weighted by Gasteiger charge is 2.23. The fourth-order valence-electron chi connectivity index (χ4n) is 2.59. The number of rotatable bonds is 4. The van der Waals surface area contributed by atoms with E-state index in [0.717, 1.165) is 31.9 Å². The lowest BCUT2D eigenvalue weighted by molar-refractivity contribution is 0.172. The van der Waals surface area contributed by atoms with Crippen molar-refractivity contribution in [1.29, 1.82) is 0 Å². The summed E-state index contributed by atoms with van der Waals surface area (Å²) in [4.78, 5) is 4.77. The summed E-state index contributed by atoms with van der Waals surface area (Å²) < 4.78 is 5.47. The molecule has 18 heavy (non-hydrogen) atoms. The second-order valence-electron chi connectivity index (χ2n) is 5.56. The maximum Gasteiger partial charge on any atom is 0.117 e. The summed E-state index contributed by atoms with van der Waals surface area (Å²) in [6.45, 7) is 6.50. The van der Waals surface area contributed by atoms with E-state index < -0.39 is 0 Å². The van der Waals surface area contributed by atoms with E-state index in [1.54, 1.807) is 6.26 Å². The van der Waals surface area contributed by atoms with Crippen molar-refractivity contribution in [2.45, 2.75) is 32.0 Å². The zero-order valence-corrected chi connectivity index (χ0v) is 11.7. The van der Waals surface area contributed by atoms with Crippen LogP contribution in [0.4, 0.5) is 0 Å². The highest BCUT2D eigenvalue weighted by Crippen LogP contribution is 2.14. The van der Waals surface area contributed by atoms with E-state index in [2.05, 4.69) is 42.2 Å². The summed E-state index contributed by atoms with van der Waals surface area (Å²) in [7, 11) is 4.26. The Morgan fingerprint density at radius 3 is 3.00 bits per heavy atom. The standard InChI is InChI=1S/C14H25N3O/c1-12-6-7-15-13(9-16(2)3)10-17(12)11-14-5-4-8-18-14/h4-5,8,12-13,15H,6-7,9-11H2,1-3H3. The van der Waals surface area contributed by atoms with E-state index in [0.29, 0.717) is 12.1 Å². The number of hydrogen-bond acceptors (Lipinski definition) is 4. The first-order valence-corrected chi connectivity index (χ1v) is 6.79. The van der Waals surface area contributed by atoms with E-state index in [9.17, 15) is 0 Å². The molecule has 0 radical (unpaired) electrons. The van der Waals surface area contributed by atoms with E-state index in [4.69, 9.17) is 4.42 Å². The first-order valence-electron chi connectivity index (χ1n) is 6.79. The van der Waals surface area contributed by atoms with Gasteiger partial charge in [-0.15, -0.1) is 0 Å². The van der Waals surface area contributed by atoms with E-state index in [1.807, 2.05) is 6.07 Å². The van der Waals surface area contributed by atoms with Crippen LogP contribution in [0.1, 0.15) is 19.1 Å². The Morgan fingerprint density at radius 2 is 2.33 bits per heavy atom. The van der Waals surface area contributed by atoms with Crippen LogP contribution >= 0.6 is 0 Å². The summed E-state index contributed by atoms with van der Waals surface area (Å²) in [6.07, 6.45) is 2.96. The van der Waals surface area contributed by atoms with Crippen molar-refractivity contribution in [3.8, 4) is 0 Å². The highest BCUT2D eigenvalue weighted by molar-refractivity contribution is 4.99. The molecule has 0 bridgehead atoms. The lowest BCUT2D eigenvalue weighted by atomic mass is 10.2. The number of nitrogens with zero attached hydrogens (tertiary/aromatic N) is 2. The van der Waals surface area contributed by atoms with Gasteiger partial charge in [0.15, 0.2) is 0 Å². The van der Waals surface area contributed by atoms with Crippen molar-refractivity contribution < 1.29 is 4.42 Å². The van der Waals surface area contributed by atoms with Crippen LogP contribution in [0.15, 0.2) is 22.8 Å². The predicted molar refractivity (Wildman–Crippen MR) is 73.5 cm³/mol. The number of hydrogen-bond donors (Lipinski definition) is 1. The summed E-state index contributed by atoms with van der Waals surface area (Å²) in [5.41, 5.74) is 0. The molecule has 2 heterocycles. The second-order valence-corrected chi connectivity index (χ2v) is 5.56. The molecule has 0 aromatic carbocycles. The van der Waals surface area contributed by atoms with Gasteiger partial charge in [0.25, 0.3) is 0 Å². The third-order valence-corrected chi connectivity index (χ3v) is 3.60. The van der Waals surface area contributed by atoms with Gasteiger partial charge in [0.05, 0.1) is 12.8 Å². The van der Waals surface area contributed by atoms with Gasteiger partial charge in [-0.3, -0.25) is 4.90 Å². The van der Waals surface area contributed by atoms with Crippen LogP contribution in [0, 0.1) is 0 Å². The minimum absolute atomic E-state index is 0.542. The van der Waals surface area contributed by atoms with Crippen LogP contribution in [0.3, 0.4) is 0 Å². The smallest absolute Gasteiger partial charge is 0.117 e. The van der Waals surface area contributed by atoms with E-state index in [1.165, 1.54) is 6.42 Å². The Hall–Kier alpha value is -0.840. The number of furan rings is 1. The van der Waals surface area contributed by atoms with Crippen molar-refractivity contribution in [1.82, 2.24) is 15.1 Å². The Bertz CT molecular complexity index is 337. The van der Waals surface area contributed by atoms with Crippen molar-refractivity contribution in [3.63, 3.8) is 0 Å². The SMILES string of the molecule is CC1CCNC(CN(C)C)CN1Cc1ccco1. The molecule has 4 heteroatoms. The molecule has 2 atom stereocenters. The molecule has 1 saturated heterocycles. The maximum absolute atomic E-state index is 5.47. The van der Waals surface area contributed by atoms with Gasteiger partial charge in [-0.05, 0) is 46.1 Å². The molecular weight excluding hydrogens is 226 g/mol. The topological polar surface area (TPSA) is 31.6 Å². The molecule has 1 aromatic rings. The lowest BCUT2D eigenvalue weighted by Gasteiger charge is -2.29. The van der Waals surface area contributed by atoms with Crippen LogP contribution in [0.25, 0.3) is 0 Å². The van der Waals surface area contributed by atoms with Gasteiger partial charge in [-0.1, -0.05) is 0 Å². The largest absolute Gasteiger partial charge is 0.468 e. The highest BCUT2D eigenvalue weighted by atomic mass is 16.3. The first-order chi connectivity index (χ1) is 8.65. The molecule has 0 saturated carbocycles. The molecule has 2 rings (SSSR count). The van der Waals surface area contributed by atoms with Crippen LogP contribution < -0.4 is 5.32 Å². The fourth-order valence-corrected chi connectivity index (χ4v) is 2.59. The van der Waals surface area contributed by atoms with Crippen LogP contribution in [0.5, 0.6) is 0 Å². The molecule has 0 spiro atoms. The van der Waals surface area contributed by atoms with Crippen LogP contribution in [-0.2, 0) is 6.54 Å². The molecule has 0 aliphatic carbocycles. The zero-order chi connectivity index (χ0) is 13.0.